The van der Waals surface area contributed by atoms with E-state index in [2.05, 4.69) is 156 Å². The van der Waals surface area contributed by atoms with Crippen molar-refractivity contribution >= 4 is 21.5 Å². The SMILES string of the molecule is CC(C)(C)c1cc(C(C)(C)C)c2ccccc2c1.CC(C)(C)c1ccc(C(C)(C)C)c2ccccc12. The van der Waals surface area contributed by atoms with Crippen molar-refractivity contribution in [2.24, 2.45) is 0 Å². The van der Waals surface area contributed by atoms with Crippen molar-refractivity contribution in [3.8, 4) is 0 Å². The molecule has 0 aliphatic heterocycles. The first-order chi connectivity index (χ1) is 16.4. The fourth-order valence-electron chi connectivity index (χ4n) is 4.97. The zero-order valence-electron chi connectivity index (χ0n) is 24.9. The molecule has 192 valence electrons. The van der Waals surface area contributed by atoms with Crippen LogP contribution in [0.5, 0.6) is 0 Å². The minimum atomic E-state index is 0.181. The van der Waals surface area contributed by atoms with Crippen LogP contribution in [0.4, 0.5) is 0 Å². The predicted octanol–water partition coefficient (Wildman–Crippen LogP) is 10.9. The fourth-order valence-corrected chi connectivity index (χ4v) is 4.97. The van der Waals surface area contributed by atoms with Gasteiger partial charge in [-0.25, -0.2) is 0 Å². The molecular formula is C36H48. The van der Waals surface area contributed by atoms with Crippen molar-refractivity contribution in [3.05, 3.63) is 95.1 Å². The molecule has 36 heavy (non-hydrogen) atoms. The van der Waals surface area contributed by atoms with E-state index in [1.165, 1.54) is 43.8 Å². The van der Waals surface area contributed by atoms with Gasteiger partial charge in [0.2, 0.25) is 0 Å². The third-order valence-electron chi connectivity index (χ3n) is 7.08. The van der Waals surface area contributed by atoms with Crippen LogP contribution in [0.25, 0.3) is 21.5 Å². The molecule has 0 aromatic heterocycles. The van der Waals surface area contributed by atoms with E-state index in [4.69, 9.17) is 0 Å². The van der Waals surface area contributed by atoms with E-state index in [-0.39, 0.29) is 21.7 Å². The van der Waals surface area contributed by atoms with Crippen LogP contribution >= 0.6 is 0 Å². The normalized spacial score (nSPS) is 13.0. The van der Waals surface area contributed by atoms with Gasteiger partial charge in [0.05, 0.1) is 0 Å². The Labute approximate surface area is 221 Å². The summed E-state index contributed by atoms with van der Waals surface area (Å²) >= 11 is 0. The molecule has 0 heterocycles. The van der Waals surface area contributed by atoms with E-state index in [0.29, 0.717) is 0 Å². The smallest absolute Gasteiger partial charge is 0.0126 e. The maximum absolute atomic E-state index is 2.39. The highest BCUT2D eigenvalue weighted by molar-refractivity contribution is 5.90. The molecule has 0 saturated heterocycles. The fraction of sp³-hybridized carbons (Fsp3) is 0.444. The standard InChI is InChI=1S/2C18H24/c1-17(2,3)14-11-13-9-7-8-10-15(13)16(12-14)18(4,5)6;1-17(2,3)15-11-12-16(18(4,5)6)14-10-8-7-9-13(14)15/h2*7-12H,1-6H3. The lowest BCUT2D eigenvalue weighted by atomic mass is 9.78. The van der Waals surface area contributed by atoms with Crippen molar-refractivity contribution in [1.29, 1.82) is 0 Å². The summed E-state index contributed by atoms with van der Waals surface area (Å²) in [6, 6.07) is 26.9. The Morgan fingerprint density at radius 2 is 0.750 bits per heavy atom. The average molecular weight is 481 g/mol. The summed E-state index contributed by atoms with van der Waals surface area (Å²) in [4.78, 5) is 0. The minimum Gasteiger partial charge on any atom is -0.0616 e. The molecule has 0 aliphatic carbocycles. The maximum atomic E-state index is 2.39. The second-order valence-corrected chi connectivity index (χ2v) is 14.5. The van der Waals surface area contributed by atoms with Crippen molar-refractivity contribution in [3.63, 3.8) is 0 Å². The number of hydrogen-bond donors (Lipinski definition) is 0. The molecule has 0 bridgehead atoms. The van der Waals surface area contributed by atoms with Gasteiger partial charge in [0.1, 0.15) is 0 Å². The van der Waals surface area contributed by atoms with Gasteiger partial charge in [-0.15, -0.1) is 0 Å². The zero-order chi connectivity index (χ0) is 27.1. The predicted molar refractivity (Wildman–Crippen MR) is 163 cm³/mol. The van der Waals surface area contributed by atoms with E-state index in [1.807, 2.05) is 0 Å². The Morgan fingerprint density at radius 3 is 1.14 bits per heavy atom. The summed E-state index contributed by atoms with van der Waals surface area (Å²) in [5.41, 5.74) is 6.51. The first kappa shape index (κ1) is 28.0. The molecule has 0 atom stereocenters. The molecule has 0 amide bonds. The molecular weight excluding hydrogens is 432 g/mol. The highest BCUT2D eigenvalue weighted by Crippen LogP contribution is 2.37. The molecule has 4 aromatic carbocycles. The van der Waals surface area contributed by atoms with E-state index in [1.54, 1.807) is 0 Å². The van der Waals surface area contributed by atoms with Crippen LogP contribution in [-0.2, 0) is 21.7 Å². The van der Waals surface area contributed by atoms with Crippen LogP contribution in [0, 0.1) is 0 Å². The molecule has 0 unspecified atom stereocenters. The minimum absolute atomic E-state index is 0.181. The van der Waals surface area contributed by atoms with E-state index in [9.17, 15) is 0 Å². The molecule has 0 spiro atoms. The summed E-state index contributed by atoms with van der Waals surface area (Å²) in [7, 11) is 0. The third kappa shape index (κ3) is 6.20. The molecule has 4 rings (SSSR count). The first-order valence-corrected chi connectivity index (χ1v) is 13.5. The Bertz CT molecular complexity index is 1290. The lowest BCUT2D eigenvalue weighted by Crippen LogP contribution is -2.16. The van der Waals surface area contributed by atoms with Gasteiger partial charge in [0, 0.05) is 0 Å². The molecule has 0 nitrogen and oxygen atoms in total. The van der Waals surface area contributed by atoms with Crippen molar-refractivity contribution in [2.75, 3.05) is 0 Å². The molecule has 0 heteroatoms. The quantitative estimate of drug-likeness (QED) is 0.235. The van der Waals surface area contributed by atoms with Crippen LogP contribution in [0.3, 0.4) is 0 Å². The number of rotatable bonds is 0. The topological polar surface area (TPSA) is 0 Å². The van der Waals surface area contributed by atoms with Gasteiger partial charge in [-0.3, -0.25) is 0 Å². The lowest BCUT2D eigenvalue weighted by Gasteiger charge is -2.26. The Kier molecular flexibility index (Phi) is 7.54. The third-order valence-corrected chi connectivity index (χ3v) is 7.08. The second-order valence-electron chi connectivity index (χ2n) is 14.5. The summed E-state index contributed by atoms with van der Waals surface area (Å²) < 4.78 is 0. The van der Waals surface area contributed by atoms with Gasteiger partial charge < -0.3 is 0 Å². The molecule has 4 aromatic rings. The van der Waals surface area contributed by atoms with Crippen LogP contribution < -0.4 is 0 Å². The monoisotopic (exact) mass is 480 g/mol. The van der Waals surface area contributed by atoms with Crippen LogP contribution in [0.1, 0.15) is 105 Å². The summed E-state index contributed by atoms with van der Waals surface area (Å²) in [5, 5.41) is 5.54. The summed E-state index contributed by atoms with van der Waals surface area (Å²) in [5.74, 6) is 0. The van der Waals surface area contributed by atoms with Gasteiger partial charge in [0.25, 0.3) is 0 Å². The molecule has 0 aliphatic rings. The van der Waals surface area contributed by atoms with E-state index >= 15 is 0 Å². The van der Waals surface area contributed by atoms with Gasteiger partial charge in [-0.05, 0) is 65.5 Å². The molecule has 0 N–H and O–H groups in total. The zero-order valence-corrected chi connectivity index (χ0v) is 24.9. The number of hydrogen-bond acceptors (Lipinski definition) is 0. The van der Waals surface area contributed by atoms with Crippen LogP contribution in [-0.4, -0.2) is 0 Å². The lowest BCUT2D eigenvalue weighted by molar-refractivity contribution is 0.573. The maximum Gasteiger partial charge on any atom is -0.0126 e. The molecule has 0 fully saturated rings. The summed E-state index contributed by atoms with van der Waals surface area (Å²) in [6.07, 6.45) is 0. The van der Waals surface area contributed by atoms with Crippen molar-refractivity contribution in [2.45, 2.75) is 105 Å². The van der Waals surface area contributed by atoms with Crippen LogP contribution in [0.15, 0.2) is 72.8 Å². The highest BCUT2D eigenvalue weighted by Gasteiger charge is 2.23. The Hall–Kier alpha value is -2.60. The average Bonchev–Trinajstić information content (AvgIpc) is 2.75. The van der Waals surface area contributed by atoms with Gasteiger partial charge in [-0.2, -0.15) is 0 Å². The number of benzene rings is 4. The highest BCUT2D eigenvalue weighted by atomic mass is 14.3. The van der Waals surface area contributed by atoms with Gasteiger partial charge >= 0.3 is 0 Å². The number of fused-ring (bicyclic) bond motifs is 2. The van der Waals surface area contributed by atoms with Crippen molar-refractivity contribution < 1.29 is 0 Å². The molecule has 0 radical (unpaired) electrons. The van der Waals surface area contributed by atoms with Crippen LogP contribution in [0.2, 0.25) is 0 Å². The summed E-state index contributed by atoms with van der Waals surface area (Å²) in [6.45, 7) is 27.4. The Morgan fingerprint density at radius 1 is 0.361 bits per heavy atom. The molecule has 0 saturated carbocycles. The van der Waals surface area contributed by atoms with Crippen molar-refractivity contribution in [1.82, 2.24) is 0 Å². The Balaban J connectivity index is 0.000000201. The largest absolute Gasteiger partial charge is 0.0616 e. The first-order valence-electron chi connectivity index (χ1n) is 13.5. The van der Waals surface area contributed by atoms with Gasteiger partial charge in [0.15, 0.2) is 0 Å². The van der Waals surface area contributed by atoms with Gasteiger partial charge in [-0.1, -0.05) is 156 Å². The van der Waals surface area contributed by atoms with E-state index in [0.717, 1.165) is 0 Å². The second kappa shape index (κ2) is 9.70. The van der Waals surface area contributed by atoms with E-state index < -0.39 is 0 Å².